The zero-order valence-corrected chi connectivity index (χ0v) is 28.2. The summed E-state index contributed by atoms with van der Waals surface area (Å²) in [5, 5.41) is 11.9. The molecule has 252 valence electrons. The first-order chi connectivity index (χ1) is 22.6. The molecule has 0 fully saturated rings. The van der Waals surface area contributed by atoms with Gasteiger partial charge in [-0.25, -0.2) is 9.59 Å². The summed E-state index contributed by atoms with van der Waals surface area (Å²) in [6, 6.07) is 17.2. The first kappa shape index (κ1) is 36.8. The lowest BCUT2D eigenvalue weighted by atomic mass is 10.0. The van der Waals surface area contributed by atoms with Crippen LogP contribution in [0.3, 0.4) is 0 Å². The third-order valence-electron chi connectivity index (χ3n) is 8.00. The number of nitrogens with zero attached hydrogens (tertiary/aromatic N) is 2. The zero-order chi connectivity index (χ0) is 34.2. The van der Waals surface area contributed by atoms with Gasteiger partial charge in [0.05, 0.1) is 29.4 Å². The van der Waals surface area contributed by atoms with Gasteiger partial charge in [-0.05, 0) is 66.6 Å². The molecule has 0 aliphatic carbocycles. The van der Waals surface area contributed by atoms with Crippen LogP contribution >= 0.6 is 0 Å². The van der Waals surface area contributed by atoms with E-state index in [4.69, 9.17) is 14.2 Å². The molecule has 3 aromatic rings. The van der Waals surface area contributed by atoms with Crippen molar-refractivity contribution in [2.24, 2.45) is 5.92 Å². The van der Waals surface area contributed by atoms with Gasteiger partial charge in [0, 0.05) is 20.2 Å². The largest absolute Gasteiger partial charge is 0.494 e. The van der Waals surface area contributed by atoms with Gasteiger partial charge in [-0.2, -0.15) is 0 Å². The Hall–Kier alpha value is -4.66. The molecule has 0 aromatic heterocycles. The van der Waals surface area contributed by atoms with Crippen LogP contribution in [0, 0.1) is 16.0 Å². The van der Waals surface area contributed by atoms with Crippen LogP contribution in [0.1, 0.15) is 92.4 Å². The number of anilines is 1. The molecule has 9 nitrogen and oxygen atoms in total. The minimum Gasteiger partial charge on any atom is -0.494 e. The van der Waals surface area contributed by atoms with Gasteiger partial charge in [-0.15, -0.1) is 6.58 Å². The minimum atomic E-state index is -0.813. The van der Waals surface area contributed by atoms with Crippen LogP contribution in [0.4, 0.5) is 11.4 Å². The van der Waals surface area contributed by atoms with Crippen molar-refractivity contribution in [3.8, 4) is 22.6 Å². The molecule has 0 saturated carbocycles. The van der Waals surface area contributed by atoms with Gasteiger partial charge in [0.25, 0.3) is 5.69 Å². The van der Waals surface area contributed by atoms with E-state index in [-0.39, 0.29) is 29.4 Å². The smallest absolute Gasteiger partial charge is 0.345 e. The van der Waals surface area contributed by atoms with Crippen LogP contribution in [0.2, 0.25) is 0 Å². The summed E-state index contributed by atoms with van der Waals surface area (Å²) >= 11 is 0. The Bertz CT molecular complexity index is 1470. The minimum absolute atomic E-state index is 0.0425. The molecule has 0 unspecified atom stereocenters. The second-order valence-electron chi connectivity index (χ2n) is 12.0. The first-order valence-electron chi connectivity index (χ1n) is 16.5. The van der Waals surface area contributed by atoms with E-state index in [9.17, 15) is 19.7 Å². The molecule has 0 radical (unpaired) electrons. The molecule has 9 heteroatoms. The molecule has 3 aromatic carbocycles. The Morgan fingerprint density at radius 1 is 0.851 bits per heavy atom. The van der Waals surface area contributed by atoms with Crippen molar-refractivity contribution in [2.45, 2.75) is 71.6 Å². The molecular formula is C38H48N2O7. The first-order valence-corrected chi connectivity index (χ1v) is 16.5. The number of hydrogen-bond donors (Lipinski definition) is 0. The van der Waals surface area contributed by atoms with Crippen molar-refractivity contribution in [2.75, 3.05) is 32.2 Å². The highest BCUT2D eigenvalue weighted by Gasteiger charge is 2.28. The number of esters is 2. The van der Waals surface area contributed by atoms with E-state index in [1.54, 1.807) is 31.1 Å². The fraction of sp³-hybridized carbons (Fsp3) is 0.421. The molecule has 1 atom stereocenters. The Morgan fingerprint density at radius 3 is 1.98 bits per heavy atom. The standard InChI is InChI=1S/C38H48N2O7/c1-6-8-9-10-11-12-13-14-15-24-45-31-20-16-29(17-21-31)30-18-22-32(23-19-30)47-38(42)33-26-36(40(43)44)34(25-35(33)39(4)5)37(41)46-27-28(3)7-2/h6,16-23,25-26,28H,1,7-15,24,27H2,2-5H3/t28-/m0/s1. The highest BCUT2D eigenvalue weighted by atomic mass is 16.6. The van der Waals surface area contributed by atoms with E-state index in [1.165, 1.54) is 44.6 Å². The molecule has 0 aliphatic rings. The third-order valence-corrected chi connectivity index (χ3v) is 8.00. The maximum absolute atomic E-state index is 13.2. The van der Waals surface area contributed by atoms with Crippen molar-refractivity contribution in [1.29, 1.82) is 0 Å². The Balaban J connectivity index is 1.59. The molecule has 47 heavy (non-hydrogen) atoms. The molecule has 0 saturated heterocycles. The van der Waals surface area contributed by atoms with E-state index in [0.717, 1.165) is 42.2 Å². The third kappa shape index (κ3) is 11.6. The van der Waals surface area contributed by atoms with Crippen LogP contribution in [0.5, 0.6) is 11.5 Å². The fourth-order valence-corrected chi connectivity index (χ4v) is 4.92. The van der Waals surface area contributed by atoms with Crippen molar-refractivity contribution in [1.82, 2.24) is 0 Å². The lowest BCUT2D eigenvalue weighted by molar-refractivity contribution is -0.385. The van der Waals surface area contributed by atoms with E-state index in [0.29, 0.717) is 12.3 Å². The van der Waals surface area contributed by atoms with Gasteiger partial charge in [0.2, 0.25) is 0 Å². The molecule has 0 heterocycles. The predicted octanol–water partition coefficient (Wildman–Crippen LogP) is 9.44. The molecular weight excluding hydrogens is 596 g/mol. The molecule has 0 spiro atoms. The van der Waals surface area contributed by atoms with Crippen LogP contribution < -0.4 is 14.4 Å². The van der Waals surface area contributed by atoms with Crippen LogP contribution in [-0.2, 0) is 4.74 Å². The summed E-state index contributed by atoms with van der Waals surface area (Å²) in [5.74, 6) is -0.386. The fourth-order valence-electron chi connectivity index (χ4n) is 4.92. The van der Waals surface area contributed by atoms with E-state index in [2.05, 4.69) is 6.58 Å². The quantitative estimate of drug-likeness (QED) is 0.0299. The normalized spacial score (nSPS) is 11.4. The lowest BCUT2D eigenvalue weighted by Crippen LogP contribution is -2.20. The summed E-state index contributed by atoms with van der Waals surface area (Å²) < 4.78 is 16.8. The summed E-state index contributed by atoms with van der Waals surface area (Å²) in [7, 11) is 3.35. The maximum Gasteiger partial charge on any atom is 0.345 e. The highest BCUT2D eigenvalue weighted by molar-refractivity contribution is 6.02. The Morgan fingerprint density at radius 2 is 1.43 bits per heavy atom. The van der Waals surface area contributed by atoms with E-state index in [1.807, 2.05) is 56.3 Å². The Labute approximate surface area is 278 Å². The summed E-state index contributed by atoms with van der Waals surface area (Å²) in [6.07, 6.45) is 12.4. The van der Waals surface area contributed by atoms with Gasteiger partial charge < -0.3 is 19.1 Å². The number of ether oxygens (including phenoxy) is 3. The molecule has 0 amide bonds. The number of carbonyl (C=O) groups excluding carboxylic acids is 2. The number of nitro benzene ring substituents is 1. The second kappa shape index (κ2) is 19.1. The SMILES string of the molecule is C=CCCCCCCCCCOc1ccc(-c2ccc(OC(=O)c3cc([N+](=O)[O-])c(C(=O)OC[C@@H](C)CC)cc3N(C)C)cc2)cc1. The average molecular weight is 645 g/mol. The molecule has 3 rings (SSSR count). The number of nitro groups is 1. The number of rotatable bonds is 20. The van der Waals surface area contributed by atoms with Crippen LogP contribution in [-0.4, -0.2) is 44.2 Å². The molecule has 0 N–H and O–H groups in total. The number of benzene rings is 3. The topological polar surface area (TPSA) is 108 Å². The van der Waals surface area contributed by atoms with Gasteiger partial charge in [-0.3, -0.25) is 10.1 Å². The van der Waals surface area contributed by atoms with Crippen LogP contribution in [0.15, 0.2) is 73.3 Å². The number of unbranched alkanes of at least 4 members (excludes halogenated alkanes) is 7. The van der Waals surface area contributed by atoms with Crippen molar-refractivity contribution in [3.05, 3.63) is 94.6 Å². The van der Waals surface area contributed by atoms with Gasteiger partial charge >= 0.3 is 11.9 Å². The highest BCUT2D eigenvalue weighted by Crippen LogP contribution is 2.31. The average Bonchev–Trinajstić information content (AvgIpc) is 3.07. The van der Waals surface area contributed by atoms with Crippen molar-refractivity contribution in [3.63, 3.8) is 0 Å². The second-order valence-corrected chi connectivity index (χ2v) is 12.0. The summed E-state index contributed by atoms with van der Waals surface area (Å²) in [6.45, 7) is 8.48. The molecule has 0 aliphatic heterocycles. The number of carbonyl (C=O) groups is 2. The van der Waals surface area contributed by atoms with Gasteiger partial charge in [0.1, 0.15) is 17.1 Å². The number of allylic oxidation sites excluding steroid dienone is 1. The number of hydrogen-bond acceptors (Lipinski definition) is 8. The summed E-state index contributed by atoms with van der Waals surface area (Å²) in [4.78, 5) is 38.8. The van der Waals surface area contributed by atoms with E-state index < -0.39 is 22.5 Å². The van der Waals surface area contributed by atoms with Crippen LogP contribution in [0.25, 0.3) is 11.1 Å². The van der Waals surface area contributed by atoms with Crippen molar-refractivity contribution >= 4 is 23.3 Å². The Kier molecular flexibility index (Phi) is 15.0. The maximum atomic E-state index is 13.2. The summed E-state index contributed by atoms with van der Waals surface area (Å²) in [5.41, 5.74) is 1.41. The molecule has 0 bridgehead atoms. The van der Waals surface area contributed by atoms with Gasteiger partial charge in [-0.1, -0.05) is 82.7 Å². The van der Waals surface area contributed by atoms with Crippen molar-refractivity contribution < 1.29 is 28.7 Å². The monoisotopic (exact) mass is 644 g/mol. The zero-order valence-electron chi connectivity index (χ0n) is 28.2. The predicted molar refractivity (Wildman–Crippen MR) is 187 cm³/mol. The lowest BCUT2D eigenvalue weighted by Gasteiger charge is -2.18. The van der Waals surface area contributed by atoms with Gasteiger partial charge in [0.15, 0.2) is 0 Å². The van der Waals surface area contributed by atoms with E-state index >= 15 is 0 Å².